The lowest BCUT2D eigenvalue weighted by Crippen LogP contribution is -2.00. The summed E-state index contributed by atoms with van der Waals surface area (Å²) in [7, 11) is 0. The van der Waals surface area contributed by atoms with Gasteiger partial charge in [-0.1, -0.05) is 0 Å². The molecule has 1 heterocycles. The van der Waals surface area contributed by atoms with Crippen LogP contribution in [0.2, 0.25) is 0 Å². The number of nitrogens with zero attached hydrogens (tertiary/aromatic N) is 1. The molecule has 1 aromatic carbocycles. The number of fused-ring (bicyclic) bond motifs is 2. The highest BCUT2D eigenvalue weighted by molar-refractivity contribution is 5.83. The minimum absolute atomic E-state index is 0.208. The first kappa shape index (κ1) is 12.0. The first-order valence-corrected chi connectivity index (χ1v) is 7.26. The summed E-state index contributed by atoms with van der Waals surface area (Å²) in [6, 6.07) is 6.82. The topological polar surface area (TPSA) is 30.0 Å². The van der Waals surface area contributed by atoms with E-state index in [2.05, 4.69) is 4.98 Å². The molecule has 3 heteroatoms. The van der Waals surface area contributed by atoms with Gasteiger partial charge in [0.1, 0.15) is 11.6 Å². The summed E-state index contributed by atoms with van der Waals surface area (Å²) < 4.78 is 13.5. The van der Waals surface area contributed by atoms with Crippen molar-refractivity contribution in [2.24, 2.45) is 11.8 Å². The number of benzene rings is 1. The predicted octanol–water partition coefficient (Wildman–Crippen LogP) is 3.85. The largest absolute Gasteiger partial charge is 0.300 e. The summed E-state index contributed by atoms with van der Waals surface area (Å²) in [5.41, 5.74) is 2.06. The van der Waals surface area contributed by atoms with Crippen molar-refractivity contribution in [3.8, 4) is 0 Å². The minimum atomic E-state index is -0.208. The van der Waals surface area contributed by atoms with Gasteiger partial charge >= 0.3 is 0 Å². The minimum Gasteiger partial charge on any atom is -0.300 e. The molecule has 0 aliphatic heterocycles. The third-order valence-corrected chi connectivity index (χ3v) is 5.00. The molecule has 2 fully saturated rings. The van der Waals surface area contributed by atoms with Gasteiger partial charge in [0.05, 0.1) is 5.52 Å². The molecular weight excluding hydrogens is 253 g/mol. The Balaban J connectivity index is 1.73. The molecule has 20 heavy (non-hydrogen) atoms. The van der Waals surface area contributed by atoms with Gasteiger partial charge in [0.15, 0.2) is 0 Å². The van der Waals surface area contributed by atoms with E-state index in [-0.39, 0.29) is 5.82 Å². The molecule has 2 aliphatic rings. The number of rotatable bonds is 1. The van der Waals surface area contributed by atoms with E-state index < -0.39 is 0 Å². The zero-order valence-corrected chi connectivity index (χ0v) is 11.2. The molecule has 0 radical (unpaired) electrons. The zero-order chi connectivity index (χ0) is 13.7. The van der Waals surface area contributed by atoms with Crippen LogP contribution in [-0.2, 0) is 4.79 Å². The van der Waals surface area contributed by atoms with Crippen molar-refractivity contribution in [3.63, 3.8) is 0 Å². The van der Waals surface area contributed by atoms with Crippen molar-refractivity contribution in [1.29, 1.82) is 0 Å². The fourth-order valence-corrected chi connectivity index (χ4v) is 4.13. The van der Waals surface area contributed by atoms with Crippen molar-refractivity contribution in [3.05, 3.63) is 41.8 Å². The first-order valence-electron chi connectivity index (χ1n) is 7.26. The van der Waals surface area contributed by atoms with Gasteiger partial charge in [-0.2, -0.15) is 0 Å². The molecule has 0 bridgehead atoms. The maximum Gasteiger partial charge on any atom is 0.133 e. The molecule has 1 aromatic heterocycles. The lowest BCUT2D eigenvalue weighted by Gasteiger charge is -2.14. The number of hydrogen-bond donors (Lipinski definition) is 0. The second kappa shape index (κ2) is 4.37. The van der Waals surface area contributed by atoms with Gasteiger partial charge < -0.3 is 0 Å². The van der Waals surface area contributed by atoms with E-state index in [1.54, 1.807) is 12.1 Å². The van der Waals surface area contributed by atoms with Crippen LogP contribution in [0.15, 0.2) is 30.5 Å². The Morgan fingerprint density at radius 1 is 1.10 bits per heavy atom. The Hall–Kier alpha value is -1.77. The van der Waals surface area contributed by atoms with E-state index >= 15 is 0 Å². The molecule has 0 spiro atoms. The molecular formula is C17H16FNO. The van der Waals surface area contributed by atoms with Gasteiger partial charge in [-0.25, -0.2) is 4.39 Å². The fraction of sp³-hybridized carbons (Fsp3) is 0.412. The summed E-state index contributed by atoms with van der Waals surface area (Å²) in [6.45, 7) is 0. The van der Waals surface area contributed by atoms with Crippen molar-refractivity contribution >= 4 is 16.7 Å². The number of aromatic nitrogens is 1. The highest BCUT2D eigenvalue weighted by Crippen LogP contribution is 2.50. The van der Waals surface area contributed by atoms with Crippen LogP contribution in [0.25, 0.3) is 10.9 Å². The number of pyridine rings is 1. The maximum atomic E-state index is 13.5. The molecule has 2 saturated carbocycles. The summed E-state index contributed by atoms with van der Waals surface area (Å²) >= 11 is 0. The van der Waals surface area contributed by atoms with Gasteiger partial charge in [0.2, 0.25) is 0 Å². The van der Waals surface area contributed by atoms with Crippen LogP contribution in [0.4, 0.5) is 4.39 Å². The van der Waals surface area contributed by atoms with E-state index in [1.165, 1.54) is 11.6 Å². The molecule has 0 saturated heterocycles. The fourth-order valence-electron chi connectivity index (χ4n) is 4.13. The molecule has 4 rings (SSSR count). The average Bonchev–Trinajstić information content (AvgIpc) is 2.95. The predicted molar refractivity (Wildman–Crippen MR) is 74.9 cm³/mol. The first-order chi connectivity index (χ1) is 9.70. The van der Waals surface area contributed by atoms with Crippen LogP contribution >= 0.6 is 0 Å². The third kappa shape index (κ3) is 1.84. The molecule has 102 valence electrons. The van der Waals surface area contributed by atoms with Gasteiger partial charge in [-0.15, -0.1) is 0 Å². The lowest BCUT2D eigenvalue weighted by molar-refractivity contribution is -0.117. The molecule has 0 amide bonds. The van der Waals surface area contributed by atoms with E-state index in [0.29, 0.717) is 23.5 Å². The summed E-state index contributed by atoms with van der Waals surface area (Å²) in [4.78, 5) is 15.8. The molecule has 2 aromatic rings. The summed E-state index contributed by atoms with van der Waals surface area (Å²) in [5, 5.41) is 0.934. The molecule has 1 unspecified atom stereocenters. The van der Waals surface area contributed by atoms with Gasteiger partial charge in [0.25, 0.3) is 0 Å². The summed E-state index contributed by atoms with van der Waals surface area (Å²) in [6.07, 6.45) is 5.43. The molecule has 0 N–H and O–H groups in total. The van der Waals surface area contributed by atoms with Crippen LogP contribution < -0.4 is 0 Å². The average molecular weight is 269 g/mol. The standard InChI is InChI=1S/C17H16FNO/c18-13-1-2-17-16(9-13)15(3-4-19-17)12-5-10-7-14(20)8-11(10)6-12/h1-4,9-12H,5-8H2/t10-,11+,12?. The number of Topliss-reactive ketones (excluding diaryl/α,β-unsaturated/α-hetero) is 1. The number of carbonyl (C=O) groups is 1. The van der Waals surface area contributed by atoms with Crippen LogP contribution in [0.5, 0.6) is 0 Å². The van der Waals surface area contributed by atoms with E-state index in [4.69, 9.17) is 0 Å². The quantitative estimate of drug-likeness (QED) is 0.787. The Kier molecular flexibility index (Phi) is 2.62. The lowest BCUT2D eigenvalue weighted by atomic mass is 9.92. The van der Waals surface area contributed by atoms with Crippen LogP contribution in [0, 0.1) is 17.7 Å². The Morgan fingerprint density at radius 3 is 2.60 bits per heavy atom. The number of carbonyl (C=O) groups excluding carboxylic acids is 1. The smallest absolute Gasteiger partial charge is 0.133 e. The molecule has 3 atom stereocenters. The Labute approximate surface area is 117 Å². The third-order valence-electron chi connectivity index (χ3n) is 5.00. The highest BCUT2D eigenvalue weighted by Gasteiger charge is 2.41. The van der Waals surface area contributed by atoms with E-state index in [1.807, 2.05) is 12.3 Å². The van der Waals surface area contributed by atoms with Crippen molar-refractivity contribution in [2.75, 3.05) is 0 Å². The zero-order valence-electron chi connectivity index (χ0n) is 11.2. The second-order valence-corrected chi connectivity index (χ2v) is 6.20. The Bertz CT molecular complexity index is 680. The summed E-state index contributed by atoms with van der Waals surface area (Å²) in [5.74, 6) is 1.75. The van der Waals surface area contributed by atoms with Crippen LogP contribution in [-0.4, -0.2) is 10.8 Å². The monoisotopic (exact) mass is 269 g/mol. The van der Waals surface area contributed by atoms with Crippen molar-refractivity contribution in [1.82, 2.24) is 4.98 Å². The SMILES string of the molecule is O=C1C[C@@H]2CC(c3ccnc4ccc(F)cc34)C[C@@H]2C1. The van der Waals surface area contributed by atoms with E-state index in [9.17, 15) is 9.18 Å². The van der Waals surface area contributed by atoms with Gasteiger partial charge in [0, 0.05) is 24.4 Å². The Morgan fingerprint density at radius 2 is 1.85 bits per heavy atom. The van der Waals surface area contributed by atoms with Gasteiger partial charge in [-0.05, 0) is 60.4 Å². The number of ketones is 1. The normalized spacial score (nSPS) is 29.1. The maximum absolute atomic E-state index is 13.5. The van der Waals surface area contributed by atoms with Gasteiger partial charge in [-0.3, -0.25) is 9.78 Å². The van der Waals surface area contributed by atoms with E-state index in [0.717, 1.165) is 36.6 Å². The number of halogens is 1. The highest BCUT2D eigenvalue weighted by atomic mass is 19.1. The molecule has 2 aliphatic carbocycles. The number of hydrogen-bond acceptors (Lipinski definition) is 2. The van der Waals surface area contributed by atoms with Crippen LogP contribution in [0.3, 0.4) is 0 Å². The second-order valence-electron chi connectivity index (χ2n) is 6.20. The van der Waals surface area contributed by atoms with Crippen LogP contribution in [0.1, 0.15) is 37.2 Å². The van der Waals surface area contributed by atoms with Crippen molar-refractivity contribution < 1.29 is 9.18 Å². The molecule has 2 nitrogen and oxygen atoms in total. The van der Waals surface area contributed by atoms with Crippen molar-refractivity contribution in [2.45, 2.75) is 31.6 Å².